The Morgan fingerprint density at radius 2 is 1.58 bits per heavy atom. The molecule has 0 aliphatic heterocycles. The zero-order valence-electron chi connectivity index (χ0n) is 15.5. The zero-order chi connectivity index (χ0) is 19.3. The monoisotopic (exact) mass is 375 g/mol. The molecular formula is C20H25NO4S. The van der Waals surface area contributed by atoms with Crippen molar-refractivity contribution in [3.8, 4) is 5.75 Å². The smallest absolute Gasteiger partial charge is 0.251 e. The van der Waals surface area contributed by atoms with E-state index in [0.717, 1.165) is 11.3 Å². The summed E-state index contributed by atoms with van der Waals surface area (Å²) >= 11 is 0. The van der Waals surface area contributed by atoms with E-state index in [1.165, 1.54) is 6.26 Å². The molecule has 1 N–H and O–H groups in total. The van der Waals surface area contributed by atoms with E-state index < -0.39 is 9.84 Å². The van der Waals surface area contributed by atoms with Gasteiger partial charge in [0.25, 0.3) is 5.91 Å². The van der Waals surface area contributed by atoms with Crippen molar-refractivity contribution < 1.29 is 17.9 Å². The van der Waals surface area contributed by atoms with Gasteiger partial charge in [0.2, 0.25) is 0 Å². The van der Waals surface area contributed by atoms with Crippen molar-refractivity contribution in [3.05, 3.63) is 65.2 Å². The van der Waals surface area contributed by atoms with Gasteiger partial charge in [0.1, 0.15) is 5.75 Å². The molecule has 2 aromatic rings. The van der Waals surface area contributed by atoms with E-state index in [-0.39, 0.29) is 23.8 Å². The quantitative estimate of drug-likeness (QED) is 0.804. The molecule has 2 aromatic carbocycles. The van der Waals surface area contributed by atoms with Gasteiger partial charge >= 0.3 is 0 Å². The Hall–Kier alpha value is -2.34. The first-order chi connectivity index (χ1) is 12.1. The van der Waals surface area contributed by atoms with Gasteiger partial charge in [-0.25, -0.2) is 8.42 Å². The Bertz CT molecular complexity index is 840. The number of rotatable bonds is 7. The third kappa shape index (κ3) is 6.19. The van der Waals surface area contributed by atoms with Crippen molar-refractivity contribution in [1.29, 1.82) is 0 Å². The summed E-state index contributed by atoms with van der Waals surface area (Å²) in [6.07, 6.45) is 1.30. The molecule has 1 atom stereocenters. The molecule has 5 nitrogen and oxygen atoms in total. The summed E-state index contributed by atoms with van der Waals surface area (Å²) in [6.45, 7) is 5.85. The summed E-state index contributed by atoms with van der Waals surface area (Å²) < 4.78 is 28.2. The van der Waals surface area contributed by atoms with Gasteiger partial charge in [-0.15, -0.1) is 0 Å². The maximum atomic E-state index is 12.4. The summed E-state index contributed by atoms with van der Waals surface area (Å²) in [5, 5.41) is 2.94. The number of hydrogen-bond donors (Lipinski definition) is 1. The van der Waals surface area contributed by atoms with Crippen LogP contribution in [0.5, 0.6) is 5.75 Å². The van der Waals surface area contributed by atoms with E-state index in [0.29, 0.717) is 11.1 Å². The number of amides is 1. The molecule has 0 aromatic heterocycles. The van der Waals surface area contributed by atoms with Gasteiger partial charge < -0.3 is 10.1 Å². The van der Waals surface area contributed by atoms with Crippen LogP contribution in [0.15, 0.2) is 48.5 Å². The Morgan fingerprint density at radius 3 is 2.08 bits per heavy atom. The molecule has 1 amide bonds. The second-order valence-electron chi connectivity index (χ2n) is 6.70. The number of ether oxygens (including phenoxy) is 1. The third-order valence-corrected chi connectivity index (χ3v) is 4.60. The number of sulfone groups is 1. The minimum atomic E-state index is -3.09. The van der Waals surface area contributed by atoms with E-state index in [2.05, 4.69) is 5.32 Å². The van der Waals surface area contributed by atoms with Crippen LogP contribution in [0.3, 0.4) is 0 Å². The predicted molar refractivity (Wildman–Crippen MR) is 103 cm³/mol. The summed E-state index contributed by atoms with van der Waals surface area (Å²) in [6, 6.07) is 14.1. The van der Waals surface area contributed by atoms with Gasteiger partial charge in [-0.1, -0.05) is 24.3 Å². The van der Waals surface area contributed by atoms with Crippen molar-refractivity contribution in [2.45, 2.75) is 38.7 Å². The zero-order valence-corrected chi connectivity index (χ0v) is 16.3. The van der Waals surface area contributed by atoms with Crippen LogP contribution in [-0.2, 0) is 15.6 Å². The molecule has 0 fully saturated rings. The maximum absolute atomic E-state index is 12.4. The van der Waals surface area contributed by atoms with Crippen molar-refractivity contribution in [2.75, 3.05) is 6.26 Å². The van der Waals surface area contributed by atoms with Crippen LogP contribution in [0.2, 0.25) is 0 Å². The summed E-state index contributed by atoms with van der Waals surface area (Å²) in [7, 11) is -3.09. The molecular weight excluding hydrogens is 350 g/mol. The molecule has 0 bridgehead atoms. The van der Waals surface area contributed by atoms with Gasteiger partial charge in [-0.2, -0.15) is 0 Å². The van der Waals surface area contributed by atoms with Crippen LogP contribution in [0, 0.1) is 0 Å². The lowest BCUT2D eigenvalue weighted by molar-refractivity contribution is 0.0940. The number of hydrogen-bond acceptors (Lipinski definition) is 4. The van der Waals surface area contributed by atoms with Crippen LogP contribution in [0.4, 0.5) is 0 Å². The molecule has 0 saturated carbocycles. The molecule has 0 heterocycles. The highest BCUT2D eigenvalue weighted by Gasteiger charge is 2.12. The average molecular weight is 375 g/mol. The van der Waals surface area contributed by atoms with Crippen LogP contribution in [0.1, 0.15) is 48.3 Å². The fourth-order valence-corrected chi connectivity index (χ4v) is 3.32. The number of nitrogens with one attached hydrogen (secondary N) is 1. The number of carbonyl (C=O) groups excluding carboxylic acids is 1. The van der Waals surface area contributed by atoms with Crippen molar-refractivity contribution in [3.63, 3.8) is 0 Å². The molecule has 6 heteroatoms. The Morgan fingerprint density at radius 1 is 1.00 bits per heavy atom. The van der Waals surface area contributed by atoms with Gasteiger partial charge in [-0.05, 0) is 56.2 Å². The van der Waals surface area contributed by atoms with Crippen LogP contribution < -0.4 is 10.1 Å². The number of benzene rings is 2. The van der Waals surface area contributed by atoms with Crippen LogP contribution in [0.25, 0.3) is 0 Å². The lowest BCUT2D eigenvalue weighted by atomic mass is 10.1. The van der Waals surface area contributed by atoms with Crippen molar-refractivity contribution in [1.82, 2.24) is 5.32 Å². The second-order valence-corrected chi connectivity index (χ2v) is 8.84. The Balaban J connectivity index is 2.00. The molecule has 0 aliphatic rings. The predicted octanol–water partition coefficient (Wildman–Crippen LogP) is 3.51. The highest BCUT2D eigenvalue weighted by molar-refractivity contribution is 7.89. The Kier molecular flexibility index (Phi) is 6.42. The Labute approximate surface area is 155 Å². The average Bonchev–Trinajstić information content (AvgIpc) is 2.54. The lowest BCUT2D eigenvalue weighted by Crippen LogP contribution is -2.26. The van der Waals surface area contributed by atoms with E-state index in [9.17, 15) is 13.2 Å². The molecule has 0 aliphatic carbocycles. The first-order valence-corrected chi connectivity index (χ1v) is 10.5. The van der Waals surface area contributed by atoms with Crippen molar-refractivity contribution >= 4 is 15.7 Å². The highest BCUT2D eigenvalue weighted by Crippen LogP contribution is 2.19. The van der Waals surface area contributed by atoms with Gasteiger partial charge in [0.05, 0.1) is 17.9 Å². The first-order valence-electron chi connectivity index (χ1n) is 8.48. The second kappa shape index (κ2) is 8.36. The fourth-order valence-electron chi connectivity index (χ4n) is 2.53. The maximum Gasteiger partial charge on any atom is 0.251 e. The fraction of sp³-hybridized carbons (Fsp3) is 0.350. The minimum absolute atomic E-state index is 0.0316. The van der Waals surface area contributed by atoms with Gasteiger partial charge in [0, 0.05) is 11.8 Å². The van der Waals surface area contributed by atoms with Crippen LogP contribution in [-0.4, -0.2) is 26.7 Å². The molecule has 1 unspecified atom stereocenters. The molecule has 26 heavy (non-hydrogen) atoms. The highest BCUT2D eigenvalue weighted by atomic mass is 32.2. The summed E-state index contributed by atoms with van der Waals surface area (Å²) in [4.78, 5) is 12.4. The molecule has 0 spiro atoms. The summed E-state index contributed by atoms with van der Waals surface area (Å²) in [5.74, 6) is 0.561. The minimum Gasteiger partial charge on any atom is -0.491 e. The van der Waals surface area contributed by atoms with E-state index in [1.807, 2.05) is 45.0 Å². The van der Waals surface area contributed by atoms with Crippen LogP contribution >= 0.6 is 0 Å². The molecule has 0 radical (unpaired) electrons. The summed E-state index contributed by atoms with van der Waals surface area (Å²) in [5.41, 5.74) is 2.13. The normalized spacial score (nSPS) is 12.7. The molecule has 2 rings (SSSR count). The lowest BCUT2D eigenvalue weighted by Gasteiger charge is -2.16. The first kappa shape index (κ1) is 20.0. The molecule has 0 saturated heterocycles. The van der Waals surface area contributed by atoms with Crippen molar-refractivity contribution in [2.24, 2.45) is 0 Å². The third-order valence-electron chi connectivity index (χ3n) is 3.74. The SMILES string of the molecule is CC(C)Oc1ccc(C(C)NC(=O)c2ccc(CS(C)(=O)=O)cc2)cc1. The van der Waals surface area contributed by atoms with E-state index in [4.69, 9.17) is 4.74 Å². The van der Waals surface area contributed by atoms with Gasteiger partial charge in [0.15, 0.2) is 9.84 Å². The number of carbonyl (C=O) groups is 1. The van der Waals surface area contributed by atoms with Gasteiger partial charge in [-0.3, -0.25) is 4.79 Å². The standard InChI is InChI=1S/C20H25NO4S/c1-14(2)25-19-11-9-17(10-12-19)15(3)21-20(22)18-7-5-16(6-8-18)13-26(4,23)24/h5-12,14-15H,13H2,1-4H3,(H,21,22). The largest absolute Gasteiger partial charge is 0.491 e. The van der Waals surface area contributed by atoms with E-state index >= 15 is 0 Å². The topological polar surface area (TPSA) is 72.5 Å². The van der Waals surface area contributed by atoms with E-state index in [1.54, 1.807) is 24.3 Å². The molecule has 140 valence electrons.